The minimum absolute atomic E-state index is 0.0665. The molecule has 1 amide bonds. The number of hydrogen-bond donors (Lipinski definition) is 1. The Morgan fingerprint density at radius 1 is 1.19 bits per heavy atom. The maximum absolute atomic E-state index is 11.8. The molecule has 7 heteroatoms. The summed E-state index contributed by atoms with van der Waals surface area (Å²) in [4.78, 5) is 20.8. The van der Waals surface area contributed by atoms with E-state index in [0.29, 0.717) is 28.5 Å². The monoisotopic (exact) mass is 347 g/mol. The first-order valence-corrected chi connectivity index (χ1v) is 8.04. The highest BCUT2D eigenvalue weighted by molar-refractivity contribution is 5.78. The van der Waals surface area contributed by atoms with Crippen molar-refractivity contribution in [2.24, 2.45) is 0 Å². The van der Waals surface area contributed by atoms with Crippen LogP contribution < -0.4 is 5.32 Å². The minimum Gasteiger partial charge on any atom is -0.361 e. The van der Waals surface area contributed by atoms with Crippen LogP contribution in [0.5, 0.6) is 0 Å². The van der Waals surface area contributed by atoms with Gasteiger partial charge in [0.05, 0.1) is 40.7 Å². The summed E-state index contributed by atoms with van der Waals surface area (Å²) < 4.78 is 5.24. The van der Waals surface area contributed by atoms with E-state index in [1.54, 1.807) is 19.2 Å². The molecule has 3 rings (SSSR count). The lowest BCUT2D eigenvalue weighted by Gasteiger charge is -2.08. The number of aryl methyl sites for hydroxylation is 2. The first kappa shape index (κ1) is 17.3. The van der Waals surface area contributed by atoms with Gasteiger partial charge in [0.25, 0.3) is 0 Å². The van der Waals surface area contributed by atoms with E-state index in [-0.39, 0.29) is 12.3 Å². The molecule has 0 saturated heterocycles. The quantitative estimate of drug-likeness (QED) is 0.778. The highest BCUT2D eigenvalue weighted by Gasteiger charge is 2.17. The highest BCUT2D eigenvalue weighted by atomic mass is 16.5. The molecule has 2 heterocycles. The van der Waals surface area contributed by atoms with Crippen LogP contribution in [0.1, 0.15) is 22.8 Å². The molecule has 0 bridgehead atoms. The number of aromatic nitrogens is 3. The molecule has 0 spiro atoms. The molecule has 0 fully saturated rings. The van der Waals surface area contributed by atoms with Gasteiger partial charge in [-0.3, -0.25) is 4.79 Å². The zero-order chi connectivity index (χ0) is 18.7. The van der Waals surface area contributed by atoms with Crippen LogP contribution in [0.15, 0.2) is 34.9 Å². The zero-order valence-electron chi connectivity index (χ0n) is 14.7. The van der Waals surface area contributed by atoms with Crippen molar-refractivity contribution in [3.05, 3.63) is 53.2 Å². The standard InChI is InChI=1S/C19H17N5O2/c1-11-19(12(2)26-24-11)16-8-15(14-6-4-13(10-20)5-7-14)22-17(23-16)9-18(25)21-3/h4-8H,9H2,1-3H3,(H,21,25). The summed E-state index contributed by atoms with van der Waals surface area (Å²) in [5.41, 5.74) is 4.23. The molecule has 1 N–H and O–H groups in total. The van der Waals surface area contributed by atoms with Gasteiger partial charge in [-0.15, -0.1) is 0 Å². The molecule has 1 aromatic carbocycles. The summed E-state index contributed by atoms with van der Waals surface area (Å²) >= 11 is 0. The van der Waals surface area contributed by atoms with Crippen LogP contribution in [0.4, 0.5) is 0 Å². The average Bonchev–Trinajstić information content (AvgIpc) is 2.99. The summed E-state index contributed by atoms with van der Waals surface area (Å²) in [6.45, 7) is 3.66. The van der Waals surface area contributed by atoms with Gasteiger partial charge in [-0.05, 0) is 32.0 Å². The summed E-state index contributed by atoms with van der Waals surface area (Å²) in [7, 11) is 1.57. The largest absolute Gasteiger partial charge is 0.361 e. The minimum atomic E-state index is -0.174. The van der Waals surface area contributed by atoms with E-state index in [1.165, 1.54) is 0 Å². The Morgan fingerprint density at radius 3 is 2.46 bits per heavy atom. The molecule has 0 atom stereocenters. The number of nitrogens with one attached hydrogen (secondary N) is 1. The smallest absolute Gasteiger partial charge is 0.227 e. The molecular formula is C19H17N5O2. The van der Waals surface area contributed by atoms with Gasteiger partial charge in [-0.1, -0.05) is 17.3 Å². The van der Waals surface area contributed by atoms with Crippen molar-refractivity contribution in [3.63, 3.8) is 0 Å². The van der Waals surface area contributed by atoms with E-state index in [0.717, 1.165) is 16.8 Å². The predicted molar refractivity (Wildman–Crippen MR) is 94.9 cm³/mol. The molecule has 0 aliphatic carbocycles. The Bertz CT molecular complexity index is 980. The van der Waals surface area contributed by atoms with E-state index >= 15 is 0 Å². The first-order valence-electron chi connectivity index (χ1n) is 8.04. The maximum Gasteiger partial charge on any atom is 0.227 e. The number of nitriles is 1. The Balaban J connectivity index is 2.14. The van der Waals surface area contributed by atoms with Crippen LogP contribution in [0, 0.1) is 25.2 Å². The fourth-order valence-corrected chi connectivity index (χ4v) is 2.65. The molecule has 0 aliphatic heterocycles. The lowest BCUT2D eigenvalue weighted by Crippen LogP contribution is -2.21. The Hall–Kier alpha value is -3.53. The molecule has 7 nitrogen and oxygen atoms in total. The van der Waals surface area contributed by atoms with E-state index in [4.69, 9.17) is 9.78 Å². The summed E-state index contributed by atoms with van der Waals surface area (Å²) in [5.74, 6) is 0.880. The number of hydrogen-bond acceptors (Lipinski definition) is 6. The third-order valence-corrected chi connectivity index (χ3v) is 3.97. The first-order chi connectivity index (χ1) is 12.5. The second-order valence-corrected chi connectivity index (χ2v) is 5.79. The molecule has 0 unspecified atom stereocenters. The number of nitrogens with zero attached hydrogens (tertiary/aromatic N) is 4. The number of carbonyl (C=O) groups excluding carboxylic acids is 1. The number of rotatable bonds is 4. The Morgan fingerprint density at radius 2 is 1.88 bits per heavy atom. The summed E-state index contributed by atoms with van der Waals surface area (Å²) in [5, 5.41) is 15.5. The van der Waals surface area contributed by atoms with Gasteiger partial charge in [0.15, 0.2) is 0 Å². The van der Waals surface area contributed by atoms with E-state index in [2.05, 4.69) is 26.5 Å². The van der Waals surface area contributed by atoms with E-state index < -0.39 is 0 Å². The van der Waals surface area contributed by atoms with Gasteiger partial charge < -0.3 is 9.84 Å². The van der Waals surface area contributed by atoms with Crippen LogP contribution in [-0.2, 0) is 11.2 Å². The third-order valence-electron chi connectivity index (χ3n) is 3.97. The molecule has 3 aromatic rings. The van der Waals surface area contributed by atoms with E-state index in [9.17, 15) is 4.79 Å². The number of carbonyl (C=O) groups is 1. The van der Waals surface area contributed by atoms with Gasteiger partial charge in [-0.2, -0.15) is 5.26 Å². The fraction of sp³-hybridized carbons (Fsp3) is 0.211. The Kier molecular flexibility index (Phi) is 4.76. The van der Waals surface area contributed by atoms with Gasteiger partial charge in [0.2, 0.25) is 5.91 Å². The molecule has 130 valence electrons. The molecule has 2 aromatic heterocycles. The third kappa shape index (κ3) is 3.44. The molecule has 0 aliphatic rings. The predicted octanol–water partition coefficient (Wildman–Crippen LogP) is 2.58. The van der Waals surface area contributed by atoms with Crippen LogP contribution >= 0.6 is 0 Å². The SMILES string of the molecule is CNC(=O)Cc1nc(-c2ccc(C#N)cc2)cc(-c2c(C)noc2C)n1. The maximum atomic E-state index is 11.8. The zero-order valence-corrected chi connectivity index (χ0v) is 14.7. The number of amides is 1. The number of likely N-dealkylation sites (N-methyl/N-ethyl adjacent to an activating group) is 1. The van der Waals surface area contributed by atoms with Crippen molar-refractivity contribution >= 4 is 5.91 Å². The van der Waals surface area contributed by atoms with Crippen molar-refractivity contribution in [3.8, 4) is 28.6 Å². The highest BCUT2D eigenvalue weighted by Crippen LogP contribution is 2.28. The molecule has 26 heavy (non-hydrogen) atoms. The van der Waals surface area contributed by atoms with E-state index in [1.807, 2.05) is 32.0 Å². The van der Waals surface area contributed by atoms with Crippen LogP contribution in [0.3, 0.4) is 0 Å². The normalized spacial score (nSPS) is 10.4. The van der Waals surface area contributed by atoms with Crippen molar-refractivity contribution in [1.29, 1.82) is 5.26 Å². The lowest BCUT2D eigenvalue weighted by molar-refractivity contribution is -0.120. The molecule has 0 saturated carbocycles. The van der Waals surface area contributed by atoms with Crippen LogP contribution in [0.2, 0.25) is 0 Å². The van der Waals surface area contributed by atoms with Crippen molar-refractivity contribution < 1.29 is 9.32 Å². The van der Waals surface area contributed by atoms with Crippen molar-refractivity contribution in [1.82, 2.24) is 20.4 Å². The molecular weight excluding hydrogens is 330 g/mol. The van der Waals surface area contributed by atoms with Gasteiger partial charge >= 0.3 is 0 Å². The van der Waals surface area contributed by atoms with Crippen molar-refractivity contribution in [2.45, 2.75) is 20.3 Å². The van der Waals surface area contributed by atoms with Crippen LogP contribution in [-0.4, -0.2) is 28.1 Å². The van der Waals surface area contributed by atoms with Gasteiger partial charge in [0, 0.05) is 12.6 Å². The lowest BCUT2D eigenvalue weighted by atomic mass is 10.1. The Labute approximate surface area is 150 Å². The fourth-order valence-electron chi connectivity index (χ4n) is 2.65. The number of benzene rings is 1. The molecule has 0 radical (unpaired) electrons. The summed E-state index contributed by atoms with van der Waals surface area (Å²) in [6.07, 6.45) is 0.0665. The summed E-state index contributed by atoms with van der Waals surface area (Å²) in [6, 6.07) is 11.0. The second-order valence-electron chi connectivity index (χ2n) is 5.79. The average molecular weight is 347 g/mol. The topological polar surface area (TPSA) is 105 Å². The van der Waals surface area contributed by atoms with Crippen LogP contribution in [0.25, 0.3) is 22.5 Å². The van der Waals surface area contributed by atoms with Crippen molar-refractivity contribution in [2.75, 3.05) is 7.05 Å². The van der Waals surface area contributed by atoms with Gasteiger partial charge in [-0.25, -0.2) is 9.97 Å². The van der Waals surface area contributed by atoms with Gasteiger partial charge in [0.1, 0.15) is 11.6 Å². The second kappa shape index (κ2) is 7.15.